The topological polar surface area (TPSA) is 138 Å². The maximum Gasteiger partial charge on any atom is 0.325 e. The van der Waals surface area contributed by atoms with E-state index in [0.29, 0.717) is 10.2 Å². The minimum atomic E-state index is -3.48. The van der Waals surface area contributed by atoms with Gasteiger partial charge in [0.1, 0.15) is 6.54 Å². The summed E-state index contributed by atoms with van der Waals surface area (Å²) >= 11 is 6.98. The molecule has 0 aliphatic rings. The Morgan fingerprint density at radius 2 is 1.97 bits per heavy atom. The van der Waals surface area contributed by atoms with Crippen molar-refractivity contribution in [2.75, 3.05) is 13.4 Å². The summed E-state index contributed by atoms with van der Waals surface area (Å²) in [6, 6.07) is 7.66. The molecule has 31 heavy (non-hydrogen) atoms. The van der Waals surface area contributed by atoms with Gasteiger partial charge in [-0.2, -0.15) is 4.99 Å². The fourth-order valence-electron chi connectivity index (χ4n) is 2.65. The molecular weight excluding hydrogens is 470 g/mol. The molecule has 13 heteroatoms. The Morgan fingerprint density at radius 1 is 1.26 bits per heavy atom. The van der Waals surface area contributed by atoms with Crippen LogP contribution in [0.3, 0.4) is 0 Å². The van der Waals surface area contributed by atoms with E-state index in [0.717, 1.165) is 29.7 Å². The predicted octanol–water partition coefficient (Wildman–Crippen LogP) is 2.58. The molecule has 1 amide bonds. The second-order valence-electron chi connectivity index (χ2n) is 6.29. The molecule has 2 aromatic carbocycles. The number of amides is 1. The van der Waals surface area contributed by atoms with Crippen LogP contribution >= 0.6 is 22.9 Å². The van der Waals surface area contributed by atoms with E-state index in [1.165, 1.54) is 35.9 Å². The van der Waals surface area contributed by atoms with Gasteiger partial charge in [0.25, 0.3) is 11.6 Å². The number of methoxy groups -OCH3 is 1. The van der Waals surface area contributed by atoms with Crippen LogP contribution < -0.4 is 4.80 Å². The molecule has 0 bridgehead atoms. The van der Waals surface area contributed by atoms with E-state index >= 15 is 0 Å². The van der Waals surface area contributed by atoms with Crippen molar-refractivity contribution in [2.24, 2.45) is 4.99 Å². The third kappa shape index (κ3) is 4.81. The number of aromatic nitrogens is 1. The summed E-state index contributed by atoms with van der Waals surface area (Å²) in [6.45, 7) is -0.288. The minimum Gasteiger partial charge on any atom is -0.468 e. The molecule has 162 valence electrons. The van der Waals surface area contributed by atoms with Crippen LogP contribution in [0.25, 0.3) is 10.2 Å². The second kappa shape index (κ2) is 8.57. The number of sulfone groups is 1. The summed E-state index contributed by atoms with van der Waals surface area (Å²) in [5.74, 6) is -1.48. The number of hydrogen-bond donors (Lipinski definition) is 0. The van der Waals surface area contributed by atoms with E-state index in [-0.39, 0.29) is 32.5 Å². The van der Waals surface area contributed by atoms with Crippen molar-refractivity contribution >= 4 is 60.6 Å². The fraction of sp³-hybridized carbons (Fsp3) is 0.167. The van der Waals surface area contributed by atoms with E-state index in [1.54, 1.807) is 0 Å². The van der Waals surface area contributed by atoms with Crippen LogP contribution in [0, 0.1) is 10.1 Å². The second-order valence-corrected chi connectivity index (χ2v) is 9.72. The largest absolute Gasteiger partial charge is 0.468 e. The molecule has 1 heterocycles. The van der Waals surface area contributed by atoms with E-state index in [2.05, 4.69) is 9.73 Å². The lowest BCUT2D eigenvalue weighted by molar-refractivity contribution is -0.384. The van der Waals surface area contributed by atoms with Crippen LogP contribution in [0.5, 0.6) is 0 Å². The summed E-state index contributed by atoms with van der Waals surface area (Å²) in [7, 11) is -2.28. The molecule has 0 radical (unpaired) electrons. The van der Waals surface area contributed by atoms with Gasteiger partial charge in [0.15, 0.2) is 14.6 Å². The monoisotopic (exact) mass is 483 g/mol. The highest BCUT2D eigenvalue weighted by atomic mass is 35.5. The number of carbonyl (C=O) groups is 2. The number of rotatable bonds is 5. The molecule has 0 saturated carbocycles. The molecular formula is C18H14ClN3O7S2. The summed E-state index contributed by atoms with van der Waals surface area (Å²) < 4.78 is 30.2. The van der Waals surface area contributed by atoms with Gasteiger partial charge in [-0.15, -0.1) is 0 Å². The first-order valence-corrected chi connectivity index (χ1v) is 11.5. The van der Waals surface area contributed by atoms with Gasteiger partial charge in [0, 0.05) is 18.4 Å². The van der Waals surface area contributed by atoms with Crippen molar-refractivity contribution < 1.29 is 27.7 Å². The van der Waals surface area contributed by atoms with Crippen LogP contribution in [0.1, 0.15) is 10.4 Å². The van der Waals surface area contributed by atoms with E-state index < -0.39 is 26.6 Å². The molecule has 10 nitrogen and oxygen atoms in total. The van der Waals surface area contributed by atoms with Gasteiger partial charge in [0.2, 0.25) is 0 Å². The maximum absolute atomic E-state index is 12.7. The van der Waals surface area contributed by atoms with Gasteiger partial charge in [-0.3, -0.25) is 19.7 Å². The van der Waals surface area contributed by atoms with Crippen molar-refractivity contribution in [3.63, 3.8) is 0 Å². The zero-order valence-corrected chi connectivity index (χ0v) is 18.5. The van der Waals surface area contributed by atoms with Crippen LogP contribution in [0.4, 0.5) is 5.69 Å². The van der Waals surface area contributed by atoms with Crippen molar-refractivity contribution in [3.8, 4) is 0 Å². The number of nitro benzene ring substituents is 1. The van der Waals surface area contributed by atoms with E-state index in [4.69, 9.17) is 11.6 Å². The highest BCUT2D eigenvalue weighted by molar-refractivity contribution is 7.90. The zero-order valence-electron chi connectivity index (χ0n) is 16.1. The lowest BCUT2D eigenvalue weighted by Gasteiger charge is -2.04. The number of hydrogen-bond acceptors (Lipinski definition) is 8. The van der Waals surface area contributed by atoms with Crippen LogP contribution in [-0.2, 0) is 25.9 Å². The van der Waals surface area contributed by atoms with Gasteiger partial charge in [-0.1, -0.05) is 22.9 Å². The lowest BCUT2D eigenvalue weighted by atomic mass is 10.2. The first-order chi connectivity index (χ1) is 14.5. The standard InChI is InChI=1S/C18H14ClN3O7S2/c1-29-16(23)9-21-14-6-4-11(31(2,27)28)8-15(14)30-18(21)20-17(24)12-7-10(22(25)26)3-5-13(12)19/h3-8H,9H2,1-2H3. The summed E-state index contributed by atoms with van der Waals surface area (Å²) in [4.78, 5) is 39.0. The Labute approximate surface area is 184 Å². The average Bonchev–Trinajstić information content (AvgIpc) is 3.03. The van der Waals surface area contributed by atoms with Crippen molar-refractivity contribution in [3.05, 3.63) is 61.9 Å². The maximum atomic E-state index is 12.7. The Bertz CT molecular complexity index is 1410. The minimum absolute atomic E-state index is 0.0284. The molecule has 0 saturated heterocycles. The Hall–Kier alpha value is -3.09. The highest BCUT2D eigenvalue weighted by Gasteiger charge is 2.18. The average molecular weight is 484 g/mol. The zero-order chi connectivity index (χ0) is 22.9. The Morgan fingerprint density at radius 3 is 2.58 bits per heavy atom. The molecule has 0 fully saturated rings. The van der Waals surface area contributed by atoms with Gasteiger partial charge in [-0.25, -0.2) is 8.42 Å². The number of benzene rings is 2. The number of carbonyl (C=O) groups excluding carboxylic acids is 2. The molecule has 0 atom stereocenters. The molecule has 0 aliphatic carbocycles. The fourth-order valence-corrected chi connectivity index (χ4v) is 4.64. The number of ether oxygens (including phenoxy) is 1. The SMILES string of the molecule is COC(=O)Cn1c(=NC(=O)c2cc([N+](=O)[O-])ccc2Cl)sc2cc(S(C)(=O)=O)ccc21. The highest BCUT2D eigenvalue weighted by Crippen LogP contribution is 2.24. The number of nitro groups is 1. The van der Waals surface area contributed by atoms with E-state index in [9.17, 15) is 28.1 Å². The predicted molar refractivity (Wildman–Crippen MR) is 113 cm³/mol. The number of halogens is 1. The Kier molecular flexibility index (Phi) is 6.25. The first kappa shape index (κ1) is 22.6. The molecule has 0 spiro atoms. The Balaban J connectivity index is 2.22. The van der Waals surface area contributed by atoms with Crippen LogP contribution in [-0.4, -0.2) is 43.2 Å². The van der Waals surface area contributed by atoms with Crippen molar-refractivity contribution in [2.45, 2.75) is 11.4 Å². The molecule has 3 aromatic rings. The summed E-state index contributed by atoms with van der Waals surface area (Å²) in [6.07, 6.45) is 1.06. The number of thiazole rings is 1. The third-order valence-electron chi connectivity index (χ3n) is 4.19. The van der Waals surface area contributed by atoms with Gasteiger partial charge >= 0.3 is 5.97 Å². The van der Waals surface area contributed by atoms with Crippen molar-refractivity contribution in [1.29, 1.82) is 0 Å². The van der Waals surface area contributed by atoms with Crippen LogP contribution in [0.15, 0.2) is 46.3 Å². The smallest absolute Gasteiger partial charge is 0.325 e. The number of non-ortho nitro benzene ring substituents is 1. The number of fused-ring (bicyclic) bond motifs is 1. The molecule has 3 rings (SSSR count). The number of esters is 1. The van der Waals surface area contributed by atoms with Gasteiger partial charge < -0.3 is 9.30 Å². The lowest BCUT2D eigenvalue weighted by Crippen LogP contribution is -2.22. The van der Waals surface area contributed by atoms with Crippen molar-refractivity contribution in [1.82, 2.24) is 4.57 Å². The molecule has 0 unspecified atom stereocenters. The van der Waals surface area contributed by atoms with Gasteiger partial charge in [0.05, 0.1) is 37.7 Å². The number of nitrogens with zero attached hydrogens (tertiary/aromatic N) is 3. The third-order valence-corrected chi connectivity index (χ3v) is 6.67. The normalized spacial score (nSPS) is 12.2. The molecule has 1 aromatic heterocycles. The first-order valence-electron chi connectivity index (χ1n) is 8.44. The van der Waals surface area contributed by atoms with Gasteiger partial charge in [-0.05, 0) is 24.3 Å². The quantitative estimate of drug-likeness (QED) is 0.309. The van der Waals surface area contributed by atoms with E-state index in [1.807, 2.05) is 0 Å². The molecule has 0 aliphatic heterocycles. The summed E-state index contributed by atoms with van der Waals surface area (Å²) in [5, 5.41) is 11.0. The summed E-state index contributed by atoms with van der Waals surface area (Å²) in [5.41, 5.74) is -0.0613. The van der Waals surface area contributed by atoms with Crippen LogP contribution in [0.2, 0.25) is 5.02 Å². The molecule has 0 N–H and O–H groups in total.